The van der Waals surface area contributed by atoms with Gasteiger partial charge >= 0.3 is 0 Å². The first-order valence-corrected chi connectivity index (χ1v) is 7.19. The van der Waals surface area contributed by atoms with Gasteiger partial charge in [-0.1, -0.05) is 29.8 Å². The van der Waals surface area contributed by atoms with E-state index in [9.17, 15) is 0 Å². The van der Waals surface area contributed by atoms with Crippen molar-refractivity contribution in [3.63, 3.8) is 0 Å². The summed E-state index contributed by atoms with van der Waals surface area (Å²) in [6.45, 7) is 8.54. The zero-order valence-electron chi connectivity index (χ0n) is 11.4. The molecule has 2 rings (SSSR count). The summed E-state index contributed by atoms with van der Waals surface area (Å²) in [5, 5.41) is 6.86. The van der Waals surface area contributed by atoms with Crippen molar-refractivity contribution in [2.75, 3.05) is 0 Å². The van der Waals surface area contributed by atoms with E-state index in [1.165, 1.54) is 11.1 Å². The maximum atomic E-state index is 4.53. The summed E-state index contributed by atoms with van der Waals surface area (Å²) in [5.74, 6) is 0. The first-order valence-electron chi connectivity index (χ1n) is 6.31. The van der Waals surface area contributed by atoms with E-state index >= 15 is 0 Å². The lowest BCUT2D eigenvalue weighted by Crippen LogP contribution is -2.22. The Morgan fingerprint density at radius 1 is 1.17 bits per heavy atom. The van der Waals surface area contributed by atoms with Gasteiger partial charge in [0.1, 0.15) is 0 Å². The second-order valence-corrected chi connectivity index (χ2v) is 5.88. The van der Waals surface area contributed by atoms with E-state index in [0.29, 0.717) is 6.04 Å². The van der Waals surface area contributed by atoms with Gasteiger partial charge in [0.05, 0.1) is 10.7 Å². The molecular weight excluding hydrogens is 240 g/mol. The lowest BCUT2D eigenvalue weighted by atomic mass is 10.0. The van der Waals surface area contributed by atoms with Crippen molar-refractivity contribution < 1.29 is 0 Å². The van der Waals surface area contributed by atoms with Crippen LogP contribution in [0.25, 0.3) is 0 Å². The number of nitrogens with zero attached hydrogens (tertiary/aromatic N) is 1. The van der Waals surface area contributed by atoms with E-state index in [1.54, 1.807) is 11.3 Å². The average Bonchev–Trinajstić information content (AvgIpc) is 2.76. The van der Waals surface area contributed by atoms with Gasteiger partial charge in [-0.05, 0) is 33.3 Å². The third-order valence-electron chi connectivity index (χ3n) is 3.12. The molecule has 1 aromatic heterocycles. The molecular formula is C15H20N2S. The van der Waals surface area contributed by atoms with Crippen molar-refractivity contribution >= 4 is 11.3 Å². The molecule has 2 atom stereocenters. The highest BCUT2D eigenvalue weighted by Gasteiger charge is 2.13. The van der Waals surface area contributed by atoms with Crippen molar-refractivity contribution in [1.29, 1.82) is 0 Å². The Kier molecular flexibility index (Phi) is 4.15. The van der Waals surface area contributed by atoms with Gasteiger partial charge in [0, 0.05) is 17.5 Å². The van der Waals surface area contributed by atoms with Gasteiger partial charge in [0.15, 0.2) is 0 Å². The monoisotopic (exact) mass is 260 g/mol. The quantitative estimate of drug-likeness (QED) is 0.892. The van der Waals surface area contributed by atoms with E-state index < -0.39 is 0 Å². The molecule has 2 aromatic rings. The molecule has 0 spiro atoms. The van der Waals surface area contributed by atoms with Gasteiger partial charge in [0.2, 0.25) is 0 Å². The van der Waals surface area contributed by atoms with Gasteiger partial charge in [-0.3, -0.25) is 0 Å². The zero-order valence-corrected chi connectivity index (χ0v) is 12.2. The molecule has 1 heterocycles. The van der Waals surface area contributed by atoms with Crippen molar-refractivity contribution in [2.45, 2.75) is 39.8 Å². The minimum absolute atomic E-state index is 0.283. The Morgan fingerprint density at radius 2 is 1.94 bits per heavy atom. The molecule has 18 heavy (non-hydrogen) atoms. The van der Waals surface area contributed by atoms with Crippen LogP contribution in [-0.4, -0.2) is 4.98 Å². The SMILES string of the molecule is Cc1cccc([C@H](C)NC(C)c2csc(C)n2)c1. The van der Waals surface area contributed by atoms with E-state index in [0.717, 1.165) is 10.7 Å². The van der Waals surface area contributed by atoms with Crippen LogP contribution in [0.1, 0.15) is 47.8 Å². The van der Waals surface area contributed by atoms with Crippen LogP contribution >= 0.6 is 11.3 Å². The predicted molar refractivity (Wildman–Crippen MR) is 78.0 cm³/mol. The maximum absolute atomic E-state index is 4.53. The highest BCUT2D eigenvalue weighted by atomic mass is 32.1. The highest BCUT2D eigenvalue weighted by Crippen LogP contribution is 2.21. The van der Waals surface area contributed by atoms with Crippen LogP contribution in [-0.2, 0) is 0 Å². The van der Waals surface area contributed by atoms with Crippen LogP contribution in [0.2, 0.25) is 0 Å². The molecule has 0 saturated carbocycles. The first-order chi connectivity index (χ1) is 8.56. The zero-order chi connectivity index (χ0) is 13.1. The van der Waals surface area contributed by atoms with E-state index in [-0.39, 0.29) is 6.04 Å². The van der Waals surface area contributed by atoms with Crippen molar-refractivity contribution in [1.82, 2.24) is 10.3 Å². The summed E-state index contributed by atoms with van der Waals surface area (Å²) in [4.78, 5) is 4.53. The molecule has 1 N–H and O–H groups in total. The topological polar surface area (TPSA) is 24.9 Å². The number of aromatic nitrogens is 1. The van der Waals surface area contributed by atoms with Gasteiger partial charge < -0.3 is 5.32 Å². The predicted octanol–water partition coefficient (Wildman–Crippen LogP) is 4.17. The molecule has 0 saturated heterocycles. The van der Waals surface area contributed by atoms with Crippen LogP contribution in [0.3, 0.4) is 0 Å². The third kappa shape index (κ3) is 3.18. The fourth-order valence-electron chi connectivity index (χ4n) is 2.08. The average molecular weight is 260 g/mol. The molecule has 0 fully saturated rings. The number of thiazole rings is 1. The van der Waals surface area contributed by atoms with Crippen molar-refractivity contribution in [2.24, 2.45) is 0 Å². The molecule has 1 aromatic carbocycles. The van der Waals surface area contributed by atoms with Crippen molar-refractivity contribution in [3.8, 4) is 0 Å². The largest absolute Gasteiger partial charge is 0.302 e. The number of hydrogen-bond donors (Lipinski definition) is 1. The molecule has 0 aliphatic carbocycles. The molecule has 0 amide bonds. The van der Waals surface area contributed by atoms with Crippen LogP contribution in [0.5, 0.6) is 0 Å². The van der Waals surface area contributed by atoms with Crippen LogP contribution < -0.4 is 5.32 Å². The number of nitrogens with one attached hydrogen (secondary N) is 1. The maximum Gasteiger partial charge on any atom is 0.0898 e. The van der Waals surface area contributed by atoms with E-state index in [4.69, 9.17) is 0 Å². The Hall–Kier alpha value is -1.19. The van der Waals surface area contributed by atoms with Gasteiger partial charge in [-0.2, -0.15) is 0 Å². The molecule has 0 radical (unpaired) electrons. The highest BCUT2D eigenvalue weighted by molar-refractivity contribution is 7.09. The Bertz CT molecular complexity index is 519. The Labute approximate surface area is 113 Å². The summed E-state index contributed by atoms with van der Waals surface area (Å²) >= 11 is 1.71. The van der Waals surface area contributed by atoms with E-state index in [1.807, 2.05) is 6.92 Å². The summed E-state index contributed by atoms with van der Waals surface area (Å²) in [5.41, 5.74) is 3.77. The number of benzene rings is 1. The molecule has 2 nitrogen and oxygen atoms in total. The van der Waals surface area contributed by atoms with Gasteiger partial charge in [-0.15, -0.1) is 11.3 Å². The fraction of sp³-hybridized carbons (Fsp3) is 0.400. The van der Waals surface area contributed by atoms with E-state index in [2.05, 4.69) is 60.7 Å². The number of aryl methyl sites for hydroxylation is 2. The molecule has 0 aliphatic rings. The van der Waals surface area contributed by atoms with Gasteiger partial charge in [0.25, 0.3) is 0 Å². The second kappa shape index (κ2) is 5.63. The lowest BCUT2D eigenvalue weighted by Gasteiger charge is -2.19. The number of rotatable bonds is 4. The van der Waals surface area contributed by atoms with Crippen LogP contribution in [0.15, 0.2) is 29.6 Å². The minimum Gasteiger partial charge on any atom is -0.302 e. The van der Waals surface area contributed by atoms with Crippen LogP contribution in [0.4, 0.5) is 0 Å². The molecule has 0 aliphatic heterocycles. The molecule has 96 valence electrons. The molecule has 3 heteroatoms. The summed E-state index contributed by atoms with van der Waals surface area (Å²) < 4.78 is 0. The second-order valence-electron chi connectivity index (χ2n) is 4.82. The lowest BCUT2D eigenvalue weighted by molar-refractivity contribution is 0.487. The standard InChI is InChI=1S/C15H20N2S/c1-10-6-5-7-14(8-10)11(2)16-12(3)15-9-18-13(4)17-15/h5-9,11-12,16H,1-4H3/t11-,12?/m0/s1. The number of hydrogen-bond acceptors (Lipinski definition) is 3. The minimum atomic E-state index is 0.283. The third-order valence-corrected chi connectivity index (χ3v) is 3.91. The Morgan fingerprint density at radius 3 is 2.56 bits per heavy atom. The van der Waals surface area contributed by atoms with Crippen molar-refractivity contribution in [3.05, 3.63) is 51.5 Å². The Balaban J connectivity index is 2.05. The summed E-state index contributed by atoms with van der Waals surface area (Å²) in [6, 6.07) is 9.26. The first kappa shape index (κ1) is 13.2. The molecule has 0 bridgehead atoms. The summed E-state index contributed by atoms with van der Waals surface area (Å²) in [7, 11) is 0. The molecule has 1 unspecified atom stereocenters. The van der Waals surface area contributed by atoms with Crippen LogP contribution in [0, 0.1) is 13.8 Å². The normalized spacial score (nSPS) is 14.4. The smallest absolute Gasteiger partial charge is 0.0898 e. The fourth-order valence-corrected chi connectivity index (χ4v) is 2.78. The van der Waals surface area contributed by atoms with Gasteiger partial charge in [-0.25, -0.2) is 4.98 Å². The summed E-state index contributed by atoms with van der Waals surface area (Å²) in [6.07, 6.45) is 0.